The van der Waals surface area contributed by atoms with Crippen molar-refractivity contribution in [3.05, 3.63) is 59.7 Å². The lowest BCUT2D eigenvalue weighted by molar-refractivity contribution is -0.112. The second-order valence-corrected chi connectivity index (χ2v) is 4.60. The standard InChI is InChI=1S/C17H12N2O3/c18-10-13(8-12-4-2-1-3-5-12)17(20)19-14-6-7-15-16(9-14)22-11-21-15/h1-9H,11H2,(H,19,20)/b13-8+. The molecule has 3 rings (SSSR count). The number of carbonyl (C=O) groups excluding carboxylic acids is 1. The summed E-state index contributed by atoms with van der Waals surface area (Å²) < 4.78 is 10.5. The van der Waals surface area contributed by atoms with E-state index in [1.807, 2.05) is 36.4 Å². The Bertz CT molecular complexity index is 776. The molecule has 2 aromatic rings. The van der Waals surface area contributed by atoms with Gasteiger partial charge in [-0.15, -0.1) is 0 Å². The van der Waals surface area contributed by atoms with E-state index < -0.39 is 5.91 Å². The molecule has 22 heavy (non-hydrogen) atoms. The number of nitriles is 1. The molecule has 2 aromatic carbocycles. The minimum atomic E-state index is -0.467. The predicted octanol–water partition coefficient (Wildman–Crippen LogP) is 2.96. The lowest BCUT2D eigenvalue weighted by Gasteiger charge is -2.05. The third-order valence-electron chi connectivity index (χ3n) is 3.11. The average Bonchev–Trinajstić information content (AvgIpc) is 3.01. The van der Waals surface area contributed by atoms with Gasteiger partial charge in [0.2, 0.25) is 6.79 Å². The second-order valence-electron chi connectivity index (χ2n) is 4.60. The van der Waals surface area contributed by atoms with Crippen molar-refractivity contribution in [2.75, 3.05) is 12.1 Å². The molecule has 0 atom stereocenters. The number of fused-ring (bicyclic) bond motifs is 1. The zero-order chi connectivity index (χ0) is 15.4. The maximum atomic E-state index is 12.2. The van der Waals surface area contributed by atoms with Gasteiger partial charge in [0, 0.05) is 11.8 Å². The van der Waals surface area contributed by atoms with Gasteiger partial charge in [-0.25, -0.2) is 0 Å². The molecule has 0 bridgehead atoms. The highest BCUT2D eigenvalue weighted by Crippen LogP contribution is 2.34. The van der Waals surface area contributed by atoms with Gasteiger partial charge >= 0.3 is 0 Å². The van der Waals surface area contributed by atoms with Crippen LogP contribution in [0, 0.1) is 11.3 Å². The fourth-order valence-electron chi connectivity index (χ4n) is 2.04. The molecule has 5 heteroatoms. The van der Waals surface area contributed by atoms with Crippen LogP contribution in [0.5, 0.6) is 11.5 Å². The molecule has 1 amide bonds. The number of anilines is 1. The van der Waals surface area contributed by atoms with Crippen LogP contribution in [0.4, 0.5) is 5.69 Å². The summed E-state index contributed by atoms with van der Waals surface area (Å²) in [5.41, 5.74) is 1.37. The predicted molar refractivity (Wildman–Crippen MR) is 81.2 cm³/mol. The van der Waals surface area contributed by atoms with Gasteiger partial charge < -0.3 is 14.8 Å². The first-order valence-electron chi connectivity index (χ1n) is 6.64. The van der Waals surface area contributed by atoms with E-state index in [1.54, 1.807) is 24.3 Å². The van der Waals surface area contributed by atoms with Gasteiger partial charge in [0.1, 0.15) is 11.6 Å². The summed E-state index contributed by atoms with van der Waals surface area (Å²) in [6.07, 6.45) is 1.54. The molecule has 0 saturated heterocycles. The Labute approximate surface area is 127 Å². The SMILES string of the molecule is N#C/C(=C\c1ccccc1)C(=O)Nc1ccc2c(c1)OCO2. The smallest absolute Gasteiger partial charge is 0.266 e. The van der Waals surface area contributed by atoms with Crippen molar-refractivity contribution in [2.24, 2.45) is 0 Å². The van der Waals surface area contributed by atoms with Gasteiger partial charge in [0.15, 0.2) is 11.5 Å². The Hall–Kier alpha value is -3.26. The van der Waals surface area contributed by atoms with Crippen LogP contribution in [-0.2, 0) is 4.79 Å². The van der Waals surface area contributed by atoms with Crippen LogP contribution >= 0.6 is 0 Å². The third kappa shape index (κ3) is 2.91. The largest absolute Gasteiger partial charge is 0.454 e. The normalized spacial score (nSPS) is 12.6. The molecule has 0 fully saturated rings. The number of carbonyl (C=O) groups is 1. The number of nitrogens with one attached hydrogen (secondary N) is 1. The van der Waals surface area contributed by atoms with Crippen molar-refractivity contribution in [2.45, 2.75) is 0 Å². The first kappa shape index (κ1) is 13.7. The van der Waals surface area contributed by atoms with E-state index >= 15 is 0 Å². The summed E-state index contributed by atoms with van der Waals surface area (Å²) in [5.74, 6) is 0.742. The minimum absolute atomic E-state index is 0.0314. The van der Waals surface area contributed by atoms with Crippen LogP contribution in [0.2, 0.25) is 0 Å². The summed E-state index contributed by atoms with van der Waals surface area (Å²) in [5, 5.41) is 11.8. The van der Waals surface area contributed by atoms with Gasteiger partial charge in [0.25, 0.3) is 5.91 Å². The topological polar surface area (TPSA) is 71.4 Å². The molecule has 0 aromatic heterocycles. The quantitative estimate of drug-likeness (QED) is 0.697. The van der Waals surface area contributed by atoms with Gasteiger partial charge in [-0.1, -0.05) is 30.3 Å². The molecule has 1 heterocycles. The first-order valence-corrected chi connectivity index (χ1v) is 6.64. The van der Waals surface area contributed by atoms with E-state index in [9.17, 15) is 4.79 Å². The minimum Gasteiger partial charge on any atom is -0.454 e. The number of rotatable bonds is 3. The van der Waals surface area contributed by atoms with Crippen LogP contribution < -0.4 is 14.8 Å². The lowest BCUT2D eigenvalue weighted by Crippen LogP contribution is -2.13. The summed E-state index contributed by atoms with van der Waals surface area (Å²) in [4.78, 5) is 12.2. The molecule has 0 spiro atoms. The van der Waals surface area contributed by atoms with E-state index in [4.69, 9.17) is 14.7 Å². The highest BCUT2D eigenvalue weighted by atomic mass is 16.7. The van der Waals surface area contributed by atoms with E-state index in [1.165, 1.54) is 0 Å². The highest BCUT2D eigenvalue weighted by Gasteiger charge is 2.15. The van der Waals surface area contributed by atoms with Crippen LogP contribution in [0.25, 0.3) is 6.08 Å². The van der Waals surface area contributed by atoms with E-state index in [-0.39, 0.29) is 12.4 Å². The van der Waals surface area contributed by atoms with Crippen molar-refractivity contribution in [1.29, 1.82) is 5.26 Å². The fraction of sp³-hybridized carbons (Fsp3) is 0.0588. The monoisotopic (exact) mass is 292 g/mol. The molecule has 0 radical (unpaired) electrons. The van der Waals surface area contributed by atoms with Crippen molar-refractivity contribution < 1.29 is 14.3 Å². The molecule has 1 aliphatic heterocycles. The number of ether oxygens (including phenoxy) is 2. The van der Waals surface area contributed by atoms with Crippen LogP contribution in [0.15, 0.2) is 54.1 Å². The molecular formula is C17H12N2O3. The number of amides is 1. The van der Waals surface area contributed by atoms with Crippen LogP contribution in [0.1, 0.15) is 5.56 Å². The van der Waals surface area contributed by atoms with Crippen molar-refractivity contribution >= 4 is 17.7 Å². The molecule has 1 N–H and O–H groups in total. The Kier molecular flexibility index (Phi) is 3.75. The molecule has 1 aliphatic rings. The number of benzene rings is 2. The summed E-state index contributed by atoms with van der Waals surface area (Å²) in [6, 6.07) is 16.2. The molecular weight excluding hydrogens is 280 g/mol. The van der Waals surface area contributed by atoms with Gasteiger partial charge in [-0.3, -0.25) is 4.79 Å². The van der Waals surface area contributed by atoms with E-state index in [2.05, 4.69) is 5.32 Å². The van der Waals surface area contributed by atoms with E-state index in [0.717, 1.165) is 5.56 Å². The Morgan fingerprint density at radius 3 is 2.68 bits per heavy atom. The van der Waals surface area contributed by atoms with E-state index in [0.29, 0.717) is 17.2 Å². The average molecular weight is 292 g/mol. The Morgan fingerprint density at radius 1 is 1.14 bits per heavy atom. The third-order valence-corrected chi connectivity index (χ3v) is 3.11. The molecule has 0 saturated carbocycles. The molecule has 0 unspecified atom stereocenters. The highest BCUT2D eigenvalue weighted by molar-refractivity contribution is 6.09. The molecule has 5 nitrogen and oxygen atoms in total. The summed E-state index contributed by atoms with van der Waals surface area (Å²) in [7, 11) is 0. The maximum absolute atomic E-state index is 12.2. The zero-order valence-corrected chi connectivity index (χ0v) is 11.6. The van der Waals surface area contributed by atoms with Gasteiger partial charge in [-0.05, 0) is 23.8 Å². The maximum Gasteiger partial charge on any atom is 0.266 e. The molecule has 0 aliphatic carbocycles. The second kappa shape index (κ2) is 6.02. The van der Waals surface area contributed by atoms with Crippen LogP contribution in [-0.4, -0.2) is 12.7 Å². The van der Waals surface area contributed by atoms with Crippen LogP contribution in [0.3, 0.4) is 0 Å². The lowest BCUT2D eigenvalue weighted by atomic mass is 10.1. The number of hydrogen-bond donors (Lipinski definition) is 1. The van der Waals surface area contributed by atoms with Crippen molar-refractivity contribution in [3.8, 4) is 17.6 Å². The number of nitrogens with zero attached hydrogens (tertiary/aromatic N) is 1. The first-order chi connectivity index (χ1) is 10.8. The summed E-state index contributed by atoms with van der Waals surface area (Å²) >= 11 is 0. The Balaban J connectivity index is 1.78. The molecule has 108 valence electrons. The zero-order valence-electron chi connectivity index (χ0n) is 11.6. The van der Waals surface area contributed by atoms with Gasteiger partial charge in [-0.2, -0.15) is 5.26 Å². The van der Waals surface area contributed by atoms with Gasteiger partial charge in [0.05, 0.1) is 0 Å². The fourth-order valence-corrected chi connectivity index (χ4v) is 2.04. The Morgan fingerprint density at radius 2 is 1.91 bits per heavy atom. The van der Waals surface area contributed by atoms with Crippen molar-refractivity contribution in [1.82, 2.24) is 0 Å². The van der Waals surface area contributed by atoms with Crippen molar-refractivity contribution in [3.63, 3.8) is 0 Å². The number of hydrogen-bond acceptors (Lipinski definition) is 4. The summed E-state index contributed by atoms with van der Waals surface area (Å²) in [6.45, 7) is 0.171.